The maximum atomic E-state index is 13.6. The van der Waals surface area contributed by atoms with Gasteiger partial charge in [0.1, 0.15) is 4.90 Å². The number of hydrogen-bond acceptors (Lipinski definition) is 4. The molecular formula is C24H18N4O4S2. The van der Waals surface area contributed by atoms with Gasteiger partial charge in [0.25, 0.3) is 10.0 Å². The number of nitrogens with two attached hydrogens (primary N) is 1. The van der Waals surface area contributed by atoms with Crippen molar-refractivity contribution in [3.8, 4) is 0 Å². The summed E-state index contributed by atoms with van der Waals surface area (Å²) in [5, 5.41) is 8.27. The minimum Gasteiger partial charge on any atom is -0.354 e. The lowest BCUT2D eigenvalue weighted by molar-refractivity contribution is 0.599. The van der Waals surface area contributed by atoms with Crippen molar-refractivity contribution in [2.45, 2.75) is 9.79 Å². The molecule has 0 saturated carbocycles. The molecule has 0 atom stereocenters. The fourth-order valence-electron chi connectivity index (χ4n) is 4.56. The van der Waals surface area contributed by atoms with E-state index in [0.717, 1.165) is 16.3 Å². The Morgan fingerprint density at radius 3 is 2.03 bits per heavy atom. The van der Waals surface area contributed by atoms with Gasteiger partial charge in [0, 0.05) is 38.1 Å². The molecule has 0 bridgehead atoms. The molecule has 170 valence electrons. The molecule has 34 heavy (non-hydrogen) atoms. The number of benzene rings is 4. The van der Waals surface area contributed by atoms with Crippen LogP contribution in [0.15, 0.2) is 88.7 Å². The highest BCUT2D eigenvalue weighted by atomic mass is 32.2. The van der Waals surface area contributed by atoms with Crippen molar-refractivity contribution in [1.29, 1.82) is 0 Å². The van der Waals surface area contributed by atoms with Crippen LogP contribution >= 0.6 is 0 Å². The van der Waals surface area contributed by atoms with Gasteiger partial charge in [0.15, 0.2) is 0 Å². The molecule has 6 aromatic rings. The number of para-hydroxylation sites is 2. The van der Waals surface area contributed by atoms with E-state index in [1.165, 1.54) is 12.1 Å². The molecule has 8 nitrogen and oxygen atoms in total. The normalized spacial score (nSPS) is 12.7. The predicted octanol–water partition coefficient (Wildman–Crippen LogP) is 4.40. The molecule has 0 fully saturated rings. The summed E-state index contributed by atoms with van der Waals surface area (Å²) in [7, 11) is -8.48. The molecule has 5 N–H and O–H groups in total. The number of primary sulfonamides is 1. The maximum Gasteiger partial charge on any atom is 0.262 e. The third-order valence-corrected chi connectivity index (χ3v) is 8.35. The van der Waals surface area contributed by atoms with Crippen molar-refractivity contribution in [1.82, 2.24) is 9.97 Å². The summed E-state index contributed by atoms with van der Waals surface area (Å²) >= 11 is 0. The Balaban J connectivity index is 1.59. The van der Waals surface area contributed by atoms with E-state index >= 15 is 0 Å². The van der Waals surface area contributed by atoms with E-state index in [4.69, 9.17) is 5.14 Å². The molecule has 10 heteroatoms. The van der Waals surface area contributed by atoms with Gasteiger partial charge in [-0.3, -0.25) is 4.72 Å². The summed E-state index contributed by atoms with van der Waals surface area (Å²) in [6, 6.07) is 22.7. The molecule has 4 aromatic carbocycles. The van der Waals surface area contributed by atoms with E-state index in [-0.39, 0.29) is 21.0 Å². The van der Waals surface area contributed by atoms with Gasteiger partial charge in [0.05, 0.1) is 16.1 Å². The Hall–Kier alpha value is -3.86. The quantitative estimate of drug-likeness (QED) is 0.291. The molecule has 0 saturated heterocycles. The molecule has 0 spiro atoms. The van der Waals surface area contributed by atoms with Crippen LogP contribution in [0.2, 0.25) is 0 Å². The zero-order chi connectivity index (χ0) is 23.7. The summed E-state index contributed by atoms with van der Waals surface area (Å²) < 4.78 is 54.9. The first-order valence-electron chi connectivity index (χ1n) is 10.3. The van der Waals surface area contributed by atoms with Gasteiger partial charge in [-0.05, 0) is 30.3 Å². The molecule has 0 amide bonds. The minimum absolute atomic E-state index is 0.0274. The Labute approximate surface area is 194 Å². The number of sulfonamides is 2. The van der Waals surface area contributed by atoms with Crippen LogP contribution in [0.25, 0.3) is 43.6 Å². The van der Waals surface area contributed by atoms with E-state index in [1.807, 2.05) is 48.5 Å². The lowest BCUT2D eigenvalue weighted by atomic mass is 10.1. The highest BCUT2D eigenvalue weighted by Gasteiger charge is 2.26. The minimum atomic E-state index is -4.29. The lowest BCUT2D eigenvalue weighted by Crippen LogP contribution is -2.19. The van der Waals surface area contributed by atoms with Crippen molar-refractivity contribution < 1.29 is 16.8 Å². The highest BCUT2D eigenvalue weighted by Crippen LogP contribution is 2.36. The second kappa shape index (κ2) is 7.07. The third kappa shape index (κ3) is 3.07. The fourth-order valence-corrected chi connectivity index (χ4v) is 6.81. The van der Waals surface area contributed by atoms with Gasteiger partial charge in [-0.2, -0.15) is 0 Å². The summed E-state index contributed by atoms with van der Waals surface area (Å²) in [4.78, 5) is 6.00. The van der Waals surface area contributed by atoms with E-state index in [9.17, 15) is 16.8 Å². The summed E-state index contributed by atoms with van der Waals surface area (Å²) in [5.41, 5.74) is 2.28. The monoisotopic (exact) mass is 490 g/mol. The van der Waals surface area contributed by atoms with Crippen LogP contribution in [-0.4, -0.2) is 26.8 Å². The van der Waals surface area contributed by atoms with Crippen molar-refractivity contribution in [3.63, 3.8) is 0 Å². The molecule has 0 radical (unpaired) electrons. The first-order valence-corrected chi connectivity index (χ1v) is 13.4. The van der Waals surface area contributed by atoms with Crippen LogP contribution in [0.3, 0.4) is 0 Å². The Morgan fingerprint density at radius 2 is 1.29 bits per heavy atom. The first kappa shape index (κ1) is 20.7. The lowest BCUT2D eigenvalue weighted by Gasteiger charge is -2.13. The third-order valence-electron chi connectivity index (χ3n) is 5.94. The van der Waals surface area contributed by atoms with Crippen LogP contribution in [0, 0.1) is 0 Å². The SMILES string of the molecule is NS(=O)(=O)c1c(NS(=O)(=O)c2cccc3[nH]c4ccccc4c23)ccc2c1[nH]c1ccccc12. The summed E-state index contributed by atoms with van der Waals surface area (Å²) in [5.74, 6) is 0. The number of rotatable bonds is 4. The first-order chi connectivity index (χ1) is 16.2. The number of aromatic amines is 2. The number of anilines is 1. The van der Waals surface area contributed by atoms with Crippen molar-refractivity contribution in [3.05, 3.63) is 78.9 Å². The van der Waals surface area contributed by atoms with E-state index in [0.29, 0.717) is 21.8 Å². The molecular weight excluding hydrogens is 472 g/mol. The maximum absolute atomic E-state index is 13.6. The molecule has 0 unspecified atom stereocenters. The van der Waals surface area contributed by atoms with Gasteiger partial charge < -0.3 is 9.97 Å². The van der Waals surface area contributed by atoms with E-state index in [1.54, 1.807) is 18.2 Å². The van der Waals surface area contributed by atoms with Crippen LogP contribution in [0.4, 0.5) is 5.69 Å². The highest BCUT2D eigenvalue weighted by molar-refractivity contribution is 7.93. The van der Waals surface area contributed by atoms with Gasteiger partial charge in [-0.1, -0.05) is 48.5 Å². The Morgan fingerprint density at radius 1 is 0.647 bits per heavy atom. The molecule has 0 aliphatic carbocycles. The van der Waals surface area contributed by atoms with Crippen LogP contribution in [0.1, 0.15) is 0 Å². The van der Waals surface area contributed by atoms with Gasteiger partial charge in [-0.25, -0.2) is 22.0 Å². The fraction of sp³-hybridized carbons (Fsp3) is 0. The molecule has 2 aromatic heterocycles. The topological polar surface area (TPSA) is 138 Å². The average Bonchev–Trinajstić information content (AvgIpc) is 3.35. The molecule has 6 rings (SSSR count). The van der Waals surface area contributed by atoms with Gasteiger partial charge >= 0.3 is 0 Å². The number of H-pyrrole nitrogens is 2. The van der Waals surface area contributed by atoms with Crippen molar-refractivity contribution in [2.24, 2.45) is 5.14 Å². The van der Waals surface area contributed by atoms with Crippen LogP contribution in [0.5, 0.6) is 0 Å². The van der Waals surface area contributed by atoms with E-state index < -0.39 is 20.0 Å². The number of nitrogens with one attached hydrogen (secondary N) is 3. The summed E-state index contributed by atoms with van der Waals surface area (Å²) in [6.45, 7) is 0. The number of aromatic nitrogens is 2. The predicted molar refractivity (Wildman–Crippen MR) is 134 cm³/mol. The van der Waals surface area contributed by atoms with E-state index in [2.05, 4.69) is 14.7 Å². The zero-order valence-electron chi connectivity index (χ0n) is 17.5. The van der Waals surface area contributed by atoms with Gasteiger partial charge in [0.2, 0.25) is 10.0 Å². The van der Waals surface area contributed by atoms with Crippen molar-refractivity contribution in [2.75, 3.05) is 4.72 Å². The summed E-state index contributed by atoms with van der Waals surface area (Å²) in [6.07, 6.45) is 0. The average molecular weight is 491 g/mol. The van der Waals surface area contributed by atoms with Crippen LogP contribution < -0.4 is 9.86 Å². The zero-order valence-corrected chi connectivity index (χ0v) is 19.2. The van der Waals surface area contributed by atoms with Gasteiger partial charge in [-0.15, -0.1) is 0 Å². The standard InChI is InChI=1S/C24H18N4O4S2/c25-33(29,30)24-20(13-12-15-14-6-1-3-8-17(14)27-23(15)24)28-34(31,32)21-11-5-10-19-22(21)16-7-2-4-9-18(16)26-19/h1-13,26-28H,(H2,25,29,30). The number of hydrogen-bond donors (Lipinski definition) is 4. The second-order valence-corrected chi connectivity index (χ2v) is 11.2. The molecule has 2 heterocycles. The Kier molecular flexibility index (Phi) is 4.31. The largest absolute Gasteiger partial charge is 0.354 e. The van der Waals surface area contributed by atoms with Crippen molar-refractivity contribution >= 4 is 69.3 Å². The molecule has 0 aliphatic rings. The number of fused-ring (bicyclic) bond motifs is 6. The second-order valence-electron chi connectivity index (χ2n) is 8.04. The Bertz CT molecular complexity index is 1990. The molecule has 0 aliphatic heterocycles. The smallest absolute Gasteiger partial charge is 0.262 e. The van der Waals surface area contributed by atoms with Crippen LogP contribution in [-0.2, 0) is 20.0 Å².